The van der Waals surface area contributed by atoms with Crippen LogP contribution in [0.4, 0.5) is 5.69 Å². The number of hydrazone groups is 1. The van der Waals surface area contributed by atoms with E-state index < -0.39 is 5.72 Å². The van der Waals surface area contributed by atoms with E-state index in [9.17, 15) is 4.79 Å². The van der Waals surface area contributed by atoms with Crippen molar-refractivity contribution >= 4 is 33.2 Å². The average Bonchev–Trinajstić information content (AvgIpc) is 3.36. The zero-order valence-corrected chi connectivity index (χ0v) is 20.1. The summed E-state index contributed by atoms with van der Waals surface area (Å²) in [5.41, 5.74) is 4.33. The number of carbonyl (C=O) groups excluding carboxylic acids is 1. The number of halogens is 1. The molecule has 3 aliphatic rings. The highest BCUT2D eigenvalue weighted by molar-refractivity contribution is 9.10. The van der Waals surface area contributed by atoms with Gasteiger partial charge in [0.25, 0.3) is 5.91 Å². The van der Waals surface area contributed by atoms with Gasteiger partial charge >= 0.3 is 5.72 Å². The van der Waals surface area contributed by atoms with Gasteiger partial charge < -0.3 is 14.4 Å². The van der Waals surface area contributed by atoms with Crippen LogP contribution in [-0.2, 0) is 10.5 Å². The molecule has 33 heavy (non-hydrogen) atoms. The number of benzene rings is 3. The number of hydrogen-bond acceptors (Lipinski definition) is 5. The maximum absolute atomic E-state index is 13.9. The van der Waals surface area contributed by atoms with Gasteiger partial charge in [-0.2, -0.15) is 5.10 Å². The van der Waals surface area contributed by atoms with E-state index in [4.69, 9.17) is 14.6 Å². The van der Waals surface area contributed by atoms with Crippen molar-refractivity contribution in [1.29, 1.82) is 0 Å². The van der Waals surface area contributed by atoms with Crippen LogP contribution in [0, 0.1) is 6.92 Å². The number of aryl methyl sites for hydroxylation is 1. The van der Waals surface area contributed by atoms with Crippen molar-refractivity contribution in [2.45, 2.75) is 25.1 Å². The molecule has 0 saturated heterocycles. The Kier molecular flexibility index (Phi) is 4.36. The Balaban J connectivity index is 1.57. The molecule has 3 aromatic carbocycles. The van der Waals surface area contributed by atoms with Gasteiger partial charge in [-0.3, -0.25) is 4.79 Å². The Labute approximate surface area is 200 Å². The predicted molar refractivity (Wildman–Crippen MR) is 130 cm³/mol. The molecule has 0 saturated carbocycles. The third-order valence-electron chi connectivity index (χ3n) is 6.72. The minimum Gasteiger partial charge on any atom is -0.497 e. The van der Waals surface area contributed by atoms with Gasteiger partial charge in [0.15, 0.2) is 0 Å². The Morgan fingerprint density at radius 2 is 1.91 bits per heavy atom. The summed E-state index contributed by atoms with van der Waals surface area (Å²) in [5, 5.41) is 6.91. The Bertz CT molecular complexity index is 1340. The van der Waals surface area contributed by atoms with Crippen LogP contribution >= 0.6 is 15.9 Å². The largest absolute Gasteiger partial charge is 0.497 e. The van der Waals surface area contributed by atoms with E-state index >= 15 is 0 Å². The fourth-order valence-corrected chi connectivity index (χ4v) is 5.44. The van der Waals surface area contributed by atoms with Gasteiger partial charge in [-0.25, -0.2) is 5.01 Å². The fourth-order valence-electron chi connectivity index (χ4n) is 5.07. The predicted octanol–water partition coefficient (Wildman–Crippen LogP) is 5.14. The van der Waals surface area contributed by atoms with Crippen LogP contribution in [0.15, 0.2) is 70.2 Å². The van der Waals surface area contributed by atoms with Crippen LogP contribution in [0.2, 0.25) is 0 Å². The summed E-state index contributed by atoms with van der Waals surface area (Å²) in [6.45, 7) is 2.03. The number of amides is 1. The van der Waals surface area contributed by atoms with E-state index in [0.717, 1.165) is 43.9 Å². The maximum atomic E-state index is 13.9. The maximum Gasteiger partial charge on any atom is 0.306 e. The molecule has 0 aliphatic carbocycles. The minimum atomic E-state index is -1.34. The average molecular weight is 504 g/mol. The van der Waals surface area contributed by atoms with Crippen LogP contribution in [0.1, 0.15) is 34.7 Å². The summed E-state index contributed by atoms with van der Waals surface area (Å²) in [6.07, 6.45) is 0.666. The highest BCUT2D eigenvalue weighted by Crippen LogP contribution is 2.55. The zero-order chi connectivity index (χ0) is 22.9. The first-order valence-corrected chi connectivity index (χ1v) is 11.6. The number of methoxy groups -OCH3 is 1. The summed E-state index contributed by atoms with van der Waals surface area (Å²) in [4.78, 5) is 15.5. The van der Waals surface area contributed by atoms with Crippen LogP contribution < -0.4 is 14.4 Å². The smallest absolute Gasteiger partial charge is 0.306 e. The van der Waals surface area contributed by atoms with Gasteiger partial charge in [-0.05, 0) is 67.1 Å². The molecule has 0 N–H and O–H groups in total. The molecule has 6 nitrogen and oxygen atoms in total. The third-order valence-corrected chi connectivity index (χ3v) is 7.21. The lowest BCUT2D eigenvalue weighted by molar-refractivity contribution is -0.163. The molecule has 3 heterocycles. The van der Waals surface area contributed by atoms with Crippen molar-refractivity contribution in [3.05, 3.63) is 87.4 Å². The lowest BCUT2D eigenvalue weighted by Crippen LogP contribution is -2.56. The van der Waals surface area contributed by atoms with Gasteiger partial charge in [-0.15, -0.1) is 0 Å². The second kappa shape index (κ2) is 7.09. The monoisotopic (exact) mass is 503 g/mol. The summed E-state index contributed by atoms with van der Waals surface area (Å²) in [5.74, 6) is 1.37. The van der Waals surface area contributed by atoms with Crippen molar-refractivity contribution in [1.82, 2.24) is 5.01 Å². The molecular weight excluding hydrogens is 482 g/mol. The first-order chi connectivity index (χ1) is 15.9. The van der Waals surface area contributed by atoms with E-state index in [1.807, 2.05) is 66.5 Å². The van der Waals surface area contributed by atoms with Crippen molar-refractivity contribution in [2.75, 3.05) is 19.1 Å². The van der Waals surface area contributed by atoms with E-state index in [1.165, 1.54) is 0 Å². The Hall–Kier alpha value is -3.32. The van der Waals surface area contributed by atoms with Gasteiger partial charge in [-0.1, -0.05) is 27.6 Å². The molecular formula is C26H22BrN3O3. The van der Waals surface area contributed by atoms with Gasteiger partial charge in [0.2, 0.25) is 0 Å². The van der Waals surface area contributed by atoms with Crippen molar-refractivity contribution in [3.8, 4) is 11.5 Å². The second-order valence-corrected chi connectivity index (χ2v) is 9.57. The van der Waals surface area contributed by atoms with Gasteiger partial charge in [0.05, 0.1) is 30.1 Å². The molecule has 1 amide bonds. The van der Waals surface area contributed by atoms with Crippen LogP contribution in [0.25, 0.3) is 0 Å². The second-order valence-electron chi connectivity index (χ2n) is 8.65. The number of ether oxygens (including phenoxy) is 2. The topological polar surface area (TPSA) is 54.4 Å². The Morgan fingerprint density at radius 1 is 1.12 bits per heavy atom. The molecule has 166 valence electrons. The minimum absolute atomic E-state index is 0.132. The lowest BCUT2D eigenvalue weighted by Gasteiger charge is -2.44. The number of carbonyl (C=O) groups is 1. The van der Waals surface area contributed by atoms with Crippen LogP contribution in [-0.4, -0.2) is 30.8 Å². The molecule has 0 fully saturated rings. The van der Waals surface area contributed by atoms with Gasteiger partial charge in [0, 0.05) is 23.5 Å². The van der Waals surface area contributed by atoms with E-state index in [-0.39, 0.29) is 11.9 Å². The quantitative estimate of drug-likeness (QED) is 0.485. The van der Waals surface area contributed by atoms with Crippen molar-refractivity contribution < 1.29 is 14.3 Å². The number of likely N-dealkylation sites (N-methyl/N-ethyl adjacent to an activating group) is 1. The highest BCUT2D eigenvalue weighted by atomic mass is 79.9. The number of hydrogen-bond donors (Lipinski definition) is 0. The molecule has 2 unspecified atom stereocenters. The molecule has 7 heteroatoms. The van der Waals surface area contributed by atoms with E-state index in [2.05, 4.69) is 22.0 Å². The van der Waals surface area contributed by atoms with Crippen molar-refractivity contribution in [3.63, 3.8) is 0 Å². The lowest BCUT2D eigenvalue weighted by atomic mass is 9.92. The van der Waals surface area contributed by atoms with Crippen molar-refractivity contribution in [2.24, 2.45) is 5.10 Å². The molecule has 0 bridgehead atoms. The third kappa shape index (κ3) is 2.78. The molecule has 6 rings (SSSR count). The molecule has 3 aliphatic heterocycles. The number of fused-ring (bicyclic) bond motifs is 6. The Morgan fingerprint density at radius 3 is 2.67 bits per heavy atom. The SMILES string of the molecule is COc1ccc(C2=NN3C(C2)c2cc(Br)ccc2OC32C(=O)N(C)c3ccc(C)cc32)cc1. The molecule has 3 aromatic rings. The van der Waals surface area contributed by atoms with E-state index in [0.29, 0.717) is 12.2 Å². The molecule has 0 aromatic heterocycles. The summed E-state index contributed by atoms with van der Waals surface area (Å²) in [6, 6.07) is 19.7. The molecule has 2 atom stereocenters. The first kappa shape index (κ1) is 20.3. The van der Waals surface area contributed by atoms with E-state index in [1.54, 1.807) is 19.1 Å². The molecule has 1 spiro atoms. The molecule has 0 radical (unpaired) electrons. The number of nitrogens with zero attached hydrogens (tertiary/aromatic N) is 3. The normalized spacial score (nSPS) is 22.6. The van der Waals surface area contributed by atoms with Crippen LogP contribution in [0.3, 0.4) is 0 Å². The summed E-state index contributed by atoms with van der Waals surface area (Å²) >= 11 is 3.59. The first-order valence-electron chi connectivity index (χ1n) is 10.8. The summed E-state index contributed by atoms with van der Waals surface area (Å²) in [7, 11) is 3.45. The highest BCUT2D eigenvalue weighted by Gasteiger charge is 2.62. The zero-order valence-electron chi connectivity index (χ0n) is 18.5. The fraction of sp³-hybridized carbons (Fsp3) is 0.231. The number of rotatable bonds is 2. The summed E-state index contributed by atoms with van der Waals surface area (Å²) < 4.78 is 12.9. The standard InChI is InChI=1S/C26H22BrN3O3/c1-15-4-10-22-20(12-15)26(25(31)29(22)2)30-23(19-13-17(27)7-11-24(19)33-26)14-21(28-30)16-5-8-18(32-3)9-6-16/h4-13,23H,14H2,1-3H3. The van der Waals surface area contributed by atoms with Crippen LogP contribution in [0.5, 0.6) is 11.5 Å². The van der Waals surface area contributed by atoms with Gasteiger partial charge in [0.1, 0.15) is 11.5 Å². The number of anilines is 1.